The lowest BCUT2D eigenvalue weighted by molar-refractivity contribution is 0.631. The zero-order chi connectivity index (χ0) is 20.0. The highest BCUT2D eigenvalue weighted by Gasteiger charge is 2.11. The van der Waals surface area contributed by atoms with Gasteiger partial charge < -0.3 is 5.32 Å². The maximum absolute atomic E-state index is 14.9. The first-order chi connectivity index (χ1) is 12.9. The van der Waals surface area contributed by atoms with Crippen LogP contribution in [-0.2, 0) is 6.42 Å². The largest absolute Gasteiger partial charge is 0.356 e. The predicted molar refractivity (Wildman–Crippen MR) is 117 cm³/mol. The van der Waals surface area contributed by atoms with E-state index in [0.717, 1.165) is 28.8 Å². The molecule has 0 unspecified atom stereocenters. The number of hydrogen-bond donors (Lipinski definition) is 1. The van der Waals surface area contributed by atoms with Gasteiger partial charge in [-0.05, 0) is 60.2 Å². The molecule has 0 saturated carbocycles. The van der Waals surface area contributed by atoms with Crippen LogP contribution >= 0.6 is 0 Å². The van der Waals surface area contributed by atoms with Crippen LogP contribution in [0.25, 0.3) is 11.1 Å². The average Bonchev–Trinajstić information content (AvgIpc) is 2.64. The monoisotopic (exact) mass is 357 g/mol. The van der Waals surface area contributed by atoms with Crippen LogP contribution in [0, 0.1) is 12.7 Å². The fraction of sp³-hybridized carbons (Fsp3) is 0.167. The van der Waals surface area contributed by atoms with Crippen molar-refractivity contribution in [3.63, 3.8) is 0 Å². The summed E-state index contributed by atoms with van der Waals surface area (Å²) < 4.78 is 14.9. The van der Waals surface area contributed by atoms with Crippen LogP contribution in [0.3, 0.4) is 0 Å². The van der Waals surface area contributed by atoms with E-state index < -0.39 is 0 Å². The van der Waals surface area contributed by atoms with E-state index in [-0.39, 0.29) is 5.82 Å². The molecule has 1 N–H and O–H groups in total. The van der Waals surface area contributed by atoms with E-state index in [2.05, 4.69) is 37.5 Å². The third-order valence-corrected chi connectivity index (χ3v) is 4.42. The van der Waals surface area contributed by atoms with Crippen LogP contribution in [0.4, 0.5) is 10.1 Å². The Balaban J connectivity index is 2.43. The normalized spacial score (nSPS) is 12.0. The van der Waals surface area contributed by atoms with Crippen LogP contribution in [0.2, 0.25) is 0 Å². The smallest absolute Gasteiger partial charge is 0.147 e. The second-order valence-electron chi connectivity index (χ2n) is 6.49. The van der Waals surface area contributed by atoms with Crippen molar-refractivity contribution < 1.29 is 4.39 Å². The third-order valence-electron chi connectivity index (χ3n) is 4.42. The van der Waals surface area contributed by atoms with E-state index in [1.165, 1.54) is 5.56 Å². The number of rotatable bonds is 7. The minimum absolute atomic E-state index is 0.305. The van der Waals surface area contributed by atoms with Crippen molar-refractivity contribution >= 4 is 13.5 Å². The second kappa shape index (κ2) is 9.22. The van der Waals surface area contributed by atoms with Gasteiger partial charge >= 0.3 is 0 Å². The van der Waals surface area contributed by atoms with Gasteiger partial charge in [-0.1, -0.05) is 61.5 Å². The zero-order valence-electron chi connectivity index (χ0n) is 16.3. The van der Waals surface area contributed by atoms with Gasteiger partial charge in [0.05, 0.1) is 5.69 Å². The van der Waals surface area contributed by atoms with E-state index in [4.69, 9.17) is 7.85 Å². The van der Waals surface area contributed by atoms with Crippen molar-refractivity contribution in [1.29, 1.82) is 0 Å². The Kier molecular flexibility index (Phi) is 7.01. The molecule has 0 bridgehead atoms. The maximum atomic E-state index is 14.9. The van der Waals surface area contributed by atoms with Gasteiger partial charge in [0.15, 0.2) is 0 Å². The Bertz CT molecular complexity index is 899. The van der Waals surface area contributed by atoms with Gasteiger partial charge in [-0.25, -0.2) is 4.39 Å². The average molecular weight is 357 g/mol. The lowest BCUT2D eigenvalue weighted by Gasteiger charge is -2.16. The summed E-state index contributed by atoms with van der Waals surface area (Å²) >= 11 is 0. The summed E-state index contributed by atoms with van der Waals surface area (Å²) in [7, 11) is 5.86. The Morgan fingerprint density at radius 1 is 1.22 bits per heavy atom. The Labute approximate surface area is 163 Å². The van der Waals surface area contributed by atoms with Crippen LogP contribution in [0.1, 0.15) is 25.0 Å². The van der Waals surface area contributed by atoms with Crippen LogP contribution in [-0.4, -0.2) is 7.85 Å². The number of halogens is 1. The second-order valence-corrected chi connectivity index (χ2v) is 6.49. The van der Waals surface area contributed by atoms with E-state index in [9.17, 15) is 4.39 Å². The molecule has 0 aliphatic heterocycles. The van der Waals surface area contributed by atoms with Gasteiger partial charge in [-0.3, -0.25) is 0 Å². The molecule has 27 heavy (non-hydrogen) atoms. The highest BCUT2D eigenvalue weighted by atomic mass is 19.1. The standard InChI is InChI=1S/C24H25BFN/c1-6-8-12-22(17(4)25)18(5)27-24-16(3)13-21(15-23(24)26)20-11-9-10-19(7-2)14-20/h6,8-15,27H,1,4,7H2,2-3,5H3/b12-8-,22-18-. The van der Waals surface area contributed by atoms with Gasteiger partial charge in [-0.15, -0.1) is 6.58 Å². The molecule has 0 heterocycles. The van der Waals surface area contributed by atoms with Crippen molar-refractivity contribution in [2.24, 2.45) is 0 Å². The molecule has 2 rings (SSSR count). The minimum Gasteiger partial charge on any atom is -0.356 e. The number of allylic oxidation sites excluding steroid dienone is 6. The molecule has 0 aromatic heterocycles. The number of nitrogens with one attached hydrogen (secondary N) is 1. The summed E-state index contributed by atoms with van der Waals surface area (Å²) in [4.78, 5) is 0. The highest BCUT2D eigenvalue weighted by Crippen LogP contribution is 2.30. The zero-order valence-corrected chi connectivity index (χ0v) is 16.3. The molecule has 0 fully saturated rings. The quantitative estimate of drug-likeness (QED) is 0.442. The van der Waals surface area contributed by atoms with Crippen molar-refractivity contribution in [1.82, 2.24) is 0 Å². The molecule has 1 nitrogen and oxygen atoms in total. The summed E-state index contributed by atoms with van der Waals surface area (Å²) in [6.45, 7) is 13.3. The summed E-state index contributed by atoms with van der Waals surface area (Å²) in [5.74, 6) is -0.305. The molecule has 136 valence electrons. The molecular weight excluding hydrogens is 332 g/mol. The number of aryl methyl sites for hydroxylation is 2. The van der Waals surface area contributed by atoms with E-state index in [1.54, 1.807) is 24.3 Å². The van der Waals surface area contributed by atoms with Crippen molar-refractivity contribution in [3.05, 3.63) is 101 Å². The predicted octanol–water partition coefficient (Wildman–Crippen LogP) is 6.47. The summed E-state index contributed by atoms with van der Waals surface area (Å²) in [5, 5.41) is 3.15. The summed E-state index contributed by atoms with van der Waals surface area (Å²) in [6, 6.07) is 11.7. The number of hydrogen-bond acceptors (Lipinski definition) is 1. The first-order valence-corrected chi connectivity index (χ1v) is 8.98. The topological polar surface area (TPSA) is 12.0 Å². The Hall–Kier alpha value is -2.81. The molecule has 0 saturated heterocycles. The van der Waals surface area contributed by atoms with Gasteiger partial charge in [0, 0.05) is 5.70 Å². The Morgan fingerprint density at radius 3 is 2.56 bits per heavy atom. The van der Waals surface area contributed by atoms with Crippen molar-refractivity contribution in [3.8, 4) is 11.1 Å². The fourth-order valence-corrected chi connectivity index (χ4v) is 2.93. The maximum Gasteiger partial charge on any atom is 0.147 e. The van der Waals surface area contributed by atoms with Gasteiger partial charge in [-0.2, -0.15) is 0 Å². The molecule has 2 aromatic rings. The third kappa shape index (κ3) is 5.10. The van der Waals surface area contributed by atoms with Gasteiger partial charge in [0.1, 0.15) is 13.7 Å². The molecule has 0 spiro atoms. The molecule has 2 radical (unpaired) electrons. The van der Waals surface area contributed by atoms with Gasteiger partial charge in [0.2, 0.25) is 0 Å². The first-order valence-electron chi connectivity index (χ1n) is 8.98. The Morgan fingerprint density at radius 2 is 1.96 bits per heavy atom. The molecule has 2 aromatic carbocycles. The van der Waals surface area contributed by atoms with E-state index in [1.807, 2.05) is 32.0 Å². The minimum atomic E-state index is -0.305. The first kappa shape index (κ1) is 20.5. The molecular formula is C24H25BFN. The fourth-order valence-electron chi connectivity index (χ4n) is 2.93. The SMILES string of the molecule is [B]C(=C)C(/C=C\C=C)=C(/C)Nc1c(C)cc(-c2cccc(CC)c2)cc1F. The number of benzene rings is 2. The number of anilines is 1. The van der Waals surface area contributed by atoms with Crippen LogP contribution < -0.4 is 5.32 Å². The lowest BCUT2D eigenvalue weighted by atomic mass is 9.88. The highest BCUT2D eigenvalue weighted by molar-refractivity contribution is 6.24. The molecule has 3 heteroatoms. The molecule has 0 aliphatic carbocycles. The van der Waals surface area contributed by atoms with Crippen molar-refractivity contribution in [2.75, 3.05) is 5.32 Å². The molecule has 0 atom stereocenters. The lowest BCUT2D eigenvalue weighted by Crippen LogP contribution is -2.05. The van der Waals surface area contributed by atoms with Crippen molar-refractivity contribution in [2.45, 2.75) is 27.2 Å². The van der Waals surface area contributed by atoms with Gasteiger partial charge in [0.25, 0.3) is 0 Å². The summed E-state index contributed by atoms with van der Waals surface area (Å²) in [6.07, 6.45) is 6.17. The van der Waals surface area contributed by atoms with Crippen LogP contribution in [0.15, 0.2) is 84.5 Å². The van der Waals surface area contributed by atoms with E-state index in [0.29, 0.717) is 16.7 Å². The van der Waals surface area contributed by atoms with E-state index >= 15 is 0 Å². The molecule has 0 amide bonds. The van der Waals surface area contributed by atoms with Crippen LogP contribution in [0.5, 0.6) is 0 Å². The summed E-state index contributed by atoms with van der Waals surface area (Å²) in [5.41, 5.74) is 6.21. The molecule has 0 aliphatic rings.